The SMILES string of the molecule is C=S1(=O)NC(=O)c2ccc3c(c2)N(C[C@@H]2CC[C@H]2[C@@](CN2CCN4CCN(C(=O)CCCc5ccccc5)C[C@@H]4C2)(OC)/C=C/C[C@H](C)[C@H]1C)C[C@@]1(CCCc2cc(Cl)ccc21)CO3. The van der Waals surface area contributed by atoms with Crippen molar-refractivity contribution in [2.24, 2.45) is 17.8 Å². The number of methoxy groups -OCH3 is 1. The Bertz CT molecular complexity index is 2330. The van der Waals surface area contributed by atoms with E-state index in [9.17, 15) is 13.8 Å². The highest BCUT2D eigenvalue weighted by atomic mass is 35.5. The van der Waals surface area contributed by atoms with Crippen LogP contribution < -0.4 is 14.4 Å². The minimum atomic E-state index is -3.00. The molecule has 344 valence electrons. The summed E-state index contributed by atoms with van der Waals surface area (Å²) in [6, 6.07) is 22.7. The van der Waals surface area contributed by atoms with Crippen molar-refractivity contribution in [3.63, 3.8) is 0 Å². The van der Waals surface area contributed by atoms with Gasteiger partial charge in [0.25, 0.3) is 5.91 Å². The fraction of sp³-hybridized carbons (Fsp3) is 0.558. The summed E-state index contributed by atoms with van der Waals surface area (Å²) >= 11 is 6.57. The monoisotopic (exact) mass is 909 g/mol. The number of nitrogens with zero attached hydrogens (tertiary/aromatic N) is 4. The van der Waals surface area contributed by atoms with Crippen LogP contribution in [0.1, 0.15) is 85.8 Å². The zero-order chi connectivity index (χ0) is 44.6. The number of rotatable bonds is 7. The maximum Gasteiger partial charge on any atom is 0.262 e. The molecule has 10 nitrogen and oxygen atoms in total. The van der Waals surface area contributed by atoms with Crippen molar-refractivity contribution in [3.05, 3.63) is 106 Å². The van der Waals surface area contributed by atoms with Crippen molar-refractivity contribution >= 4 is 44.7 Å². The number of fused-ring (bicyclic) bond motifs is 5. The Kier molecular flexibility index (Phi) is 13.3. The number of amides is 2. The number of hydrogen-bond donors (Lipinski definition) is 1. The van der Waals surface area contributed by atoms with Crippen LogP contribution in [0, 0.1) is 17.8 Å². The second-order valence-corrected chi connectivity index (χ2v) is 22.8. The van der Waals surface area contributed by atoms with E-state index in [0.29, 0.717) is 30.9 Å². The highest BCUT2D eigenvalue weighted by Gasteiger charge is 2.50. The summed E-state index contributed by atoms with van der Waals surface area (Å²) < 4.78 is 30.8. The maximum atomic E-state index is 14.2. The first-order valence-electron chi connectivity index (χ1n) is 23.9. The van der Waals surface area contributed by atoms with Gasteiger partial charge in [-0.05, 0) is 129 Å². The Balaban J connectivity index is 0.999. The second-order valence-electron chi connectivity index (χ2n) is 20.0. The number of benzene rings is 3. The van der Waals surface area contributed by atoms with Gasteiger partial charge in [0.15, 0.2) is 0 Å². The molecule has 12 heteroatoms. The smallest absolute Gasteiger partial charge is 0.262 e. The van der Waals surface area contributed by atoms with Crippen molar-refractivity contribution in [3.8, 4) is 5.75 Å². The average Bonchev–Trinajstić information content (AvgIpc) is 3.43. The third-order valence-electron chi connectivity index (χ3n) is 16.1. The largest absolute Gasteiger partial charge is 0.490 e. The van der Waals surface area contributed by atoms with Crippen molar-refractivity contribution in [2.45, 2.75) is 93.9 Å². The Morgan fingerprint density at radius 2 is 1.84 bits per heavy atom. The van der Waals surface area contributed by atoms with Gasteiger partial charge in [0.05, 0.1) is 22.0 Å². The summed E-state index contributed by atoms with van der Waals surface area (Å²) in [7, 11) is -1.12. The molecule has 9 rings (SSSR count). The summed E-state index contributed by atoms with van der Waals surface area (Å²) in [5.41, 5.74) is 4.39. The molecule has 64 heavy (non-hydrogen) atoms. The number of ether oxygens (including phenoxy) is 2. The molecule has 2 saturated heterocycles. The minimum Gasteiger partial charge on any atom is -0.490 e. The quantitative estimate of drug-likeness (QED) is 0.194. The predicted molar refractivity (Wildman–Crippen MR) is 259 cm³/mol. The van der Waals surface area contributed by atoms with Gasteiger partial charge in [-0.1, -0.05) is 67.1 Å². The van der Waals surface area contributed by atoms with Crippen LogP contribution in [0.4, 0.5) is 5.69 Å². The molecule has 4 heterocycles. The maximum absolute atomic E-state index is 14.2. The molecule has 2 aliphatic carbocycles. The van der Waals surface area contributed by atoms with Crippen LogP contribution >= 0.6 is 11.6 Å². The van der Waals surface area contributed by atoms with Crippen molar-refractivity contribution < 1.29 is 23.3 Å². The van der Waals surface area contributed by atoms with E-state index in [1.807, 2.05) is 38.3 Å². The lowest BCUT2D eigenvalue weighted by Gasteiger charge is -2.53. The Labute approximate surface area is 386 Å². The number of halogens is 1. The lowest BCUT2D eigenvalue weighted by atomic mass is 9.63. The molecule has 0 radical (unpaired) electrons. The summed E-state index contributed by atoms with van der Waals surface area (Å²) in [4.78, 5) is 37.3. The van der Waals surface area contributed by atoms with Crippen molar-refractivity contribution in [2.75, 3.05) is 77.5 Å². The lowest BCUT2D eigenvalue weighted by molar-refractivity contribution is -0.136. The standard InChI is InChI=1S/C52H68ClN5O5S/c1-37-11-9-24-52(62-3,35-55-25-26-56-27-28-57(33-44(56)32-55)49(59)16-8-14-39-12-6-5-7-13-39)46-20-17-42(46)31-58-34-51(23-10-15-40-29-43(53)19-21-45(40)51)36-63-48-22-18-41(30-47(48)58)50(60)54-64(4,61)38(37)2/h5-7,9,12-13,18-19,21-22,24,29-30,37-38,42,44,46H,4,8,10-11,14-17,20,23,25-28,31-36H2,1-3H3,(H,54,60,61)/b24-9+/t37-,38+,42-,44-,46+,51-,52+,64?/m0/s1. The number of aryl methyl sites for hydroxylation is 2. The van der Waals surface area contributed by atoms with Crippen LogP contribution in [0.2, 0.25) is 5.02 Å². The van der Waals surface area contributed by atoms with Gasteiger partial charge in [-0.25, -0.2) is 4.21 Å². The topological polar surface area (TPSA) is 94.7 Å². The zero-order valence-electron chi connectivity index (χ0n) is 38.2. The number of carbonyl (C=O) groups is 2. The second kappa shape index (κ2) is 18.8. The zero-order valence-corrected chi connectivity index (χ0v) is 39.7. The van der Waals surface area contributed by atoms with E-state index in [4.69, 9.17) is 21.1 Å². The molecule has 1 spiro atoms. The van der Waals surface area contributed by atoms with E-state index in [1.165, 1.54) is 16.7 Å². The summed E-state index contributed by atoms with van der Waals surface area (Å²) in [5, 5.41) is 0.387. The molecular formula is C52H68ClN5O5S. The minimum absolute atomic E-state index is 0.0106. The van der Waals surface area contributed by atoms with Crippen molar-refractivity contribution in [1.82, 2.24) is 19.4 Å². The summed E-state index contributed by atoms with van der Waals surface area (Å²) in [6.45, 7) is 12.1. The molecule has 1 saturated carbocycles. The first-order valence-corrected chi connectivity index (χ1v) is 26.0. The summed E-state index contributed by atoms with van der Waals surface area (Å²) in [5.74, 6) is 5.31. The van der Waals surface area contributed by atoms with Crippen molar-refractivity contribution in [1.29, 1.82) is 0 Å². The number of hydrogen-bond acceptors (Lipinski definition) is 8. The van der Waals surface area contributed by atoms with E-state index in [0.717, 1.165) is 120 Å². The normalized spacial score (nSPS) is 32.8. The van der Waals surface area contributed by atoms with E-state index >= 15 is 0 Å². The molecule has 0 aromatic heterocycles. The Morgan fingerprint density at radius 1 is 1.02 bits per heavy atom. The molecule has 3 fully saturated rings. The van der Waals surface area contributed by atoms with Crippen LogP contribution in [0.5, 0.6) is 5.75 Å². The van der Waals surface area contributed by atoms with E-state index in [1.54, 1.807) is 6.07 Å². The van der Waals surface area contributed by atoms with Gasteiger partial charge < -0.3 is 19.3 Å². The number of anilines is 1. The third kappa shape index (κ3) is 9.26. The third-order valence-corrected chi connectivity index (χ3v) is 18.5. The molecule has 1 unspecified atom stereocenters. The van der Waals surface area contributed by atoms with Crippen LogP contribution in [-0.4, -0.2) is 126 Å². The first kappa shape index (κ1) is 45.3. The van der Waals surface area contributed by atoms with Gasteiger partial charge in [0.2, 0.25) is 5.91 Å². The van der Waals surface area contributed by atoms with Gasteiger partial charge in [0, 0.05) is 99.7 Å². The number of carbonyl (C=O) groups excluding carboxylic acids is 2. The van der Waals surface area contributed by atoms with E-state index < -0.39 is 15.3 Å². The van der Waals surface area contributed by atoms with Gasteiger partial charge in [0.1, 0.15) is 11.4 Å². The molecule has 8 atom stereocenters. The number of allylic oxidation sites excluding steroid dienone is 1. The van der Waals surface area contributed by atoms with Crippen LogP contribution in [0.3, 0.4) is 0 Å². The number of nitrogens with one attached hydrogen (secondary N) is 1. The highest BCUT2D eigenvalue weighted by molar-refractivity contribution is 7.99. The molecule has 3 aromatic carbocycles. The Hall–Kier alpha value is -3.87. The molecule has 3 aromatic rings. The average molecular weight is 911 g/mol. The highest BCUT2D eigenvalue weighted by Crippen LogP contribution is 2.49. The molecule has 2 bridgehead atoms. The lowest BCUT2D eigenvalue weighted by Crippen LogP contribution is -2.65. The first-order chi connectivity index (χ1) is 30.8. The fourth-order valence-corrected chi connectivity index (χ4v) is 13.6. The van der Waals surface area contributed by atoms with Crippen LogP contribution in [-0.2, 0) is 37.5 Å². The molecule has 4 aliphatic heterocycles. The predicted octanol–water partition coefficient (Wildman–Crippen LogP) is 7.42. The van der Waals surface area contributed by atoms with Gasteiger partial charge in [-0.2, -0.15) is 0 Å². The molecule has 6 aliphatic rings. The van der Waals surface area contributed by atoms with Gasteiger partial charge in [-0.3, -0.25) is 24.1 Å². The summed E-state index contributed by atoms with van der Waals surface area (Å²) in [6.07, 6.45) is 12.8. The van der Waals surface area contributed by atoms with E-state index in [-0.39, 0.29) is 40.4 Å². The molecule has 1 N–H and O–H groups in total. The Morgan fingerprint density at radius 3 is 2.64 bits per heavy atom. The molecular weight excluding hydrogens is 842 g/mol. The van der Waals surface area contributed by atoms with E-state index in [2.05, 4.69) is 85.7 Å². The van der Waals surface area contributed by atoms with Crippen LogP contribution in [0.25, 0.3) is 0 Å². The van der Waals surface area contributed by atoms with Gasteiger partial charge >= 0.3 is 0 Å². The van der Waals surface area contributed by atoms with Crippen LogP contribution in [0.15, 0.2) is 78.9 Å². The molecule has 2 amide bonds. The van der Waals surface area contributed by atoms with Gasteiger partial charge in [-0.15, -0.1) is 0 Å². The fourth-order valence-electron chi connectivity index (χ4n) is 11.9. The number of piperazine rings is 2.